The number of aromatic nitrogens is 2. The van der Waals surface area contributed by atoms with Crippen LogP contribution in [0.25, 0.3) is 0 Å². The number of carbonyl (C=O) groups excluding carboxylic acids is 2. The minimum atomic E-state index is -1.09. The second-order valence-electron chi connectivity index (χ2n) is 9.17. The van der Waals surface area contributed by atoms with Crippen molar-refractivity contribution in [2.45, 2.75) is 65.8 Å². The molecule has 0 saturated heterocycles. The summed E-state index contributed by atoms with van der Waals surface area (Å²) in [6.07, 6.45) is -3.12. The lowest BCUT2D eigenvalue weighted by Gasteiger charge is -2.29. The average Bonchev–Trinajstić information content (AvgIpc) is 2.64. The molecule has 12 heteroatoms. The van der Waals surface area contributed by atoms with Crippen molar-refractivity contribution in [2.75, 3.05) is 4.90 Å². The van der Waals surface area contributed by atoms with E-state index in [0.29, 0.717) is 4.90 Å². The van der Waals surface area contributed by atoms with Crippen LogP contribution < -0.4 is 9.64 Å². The van der Waals surface area contributed by atoms with Gasteiger partial charge in [-0.05, 0) is 60.6 Å². The molecule has 1 aromatic heterocycles. The average molecular weight is 537 g/mol. The monoisotopic (exact) mass is 535 g/mol. The number of anilines is 1. The van der Waals surface area contributed by atoms with Crippen LogP contribution in [0.4, 0.5) is 19.8 Å². The lowest BCUT2D eigenvalue weighted by atomic mass is 10.1. The number of amides is 2. The molecule has 2 amide bonds. The van der Waals surface area contributed by atoms with Gasteiger partial charge in [0.2, 0.25) is 5.82 Å². The van der Waals surface area contributed by atoms with E-state index in [1.807, 2.05) is 0 Å². The van der Waals surface area contributed by atoms with Gasteiger partial charge in [-0.2, -0.15) is 4.90 Å². The van der Waals surface area contributed by atoms with E-state index in [2.05, 4.69) is 10.2 Å². The third-order valence-corrected chi connectivity index (χ3v) is 4.76. The van der Waals surface area contributed by atoms with Gasteiger partial charge in [0.05, 0.1) is 5.02 Å². The molecular formula is C22H25Cl3FN3O5. The highest BCUT2D eigenvalue weighted by Crippen LogP contribution is 2.38. The maximum absolute atomic E-state index is 14.0. The van der Waals surface area contributed by atoms with E-state index in [9.17, 15) is 14.0 Å². The molecule has 1 unspecified atom stereocenters. The number of carbonyl (C=O) groups is 2. The summed E-state index contributed by atoms with van der Waals surface area (Å²) in [6.45, 7) is 11.3. The van der Waals surface area contributed by atoms with E-state index < -0.39 is 35.3 Å². The van der Waals surface area contributed by atoms with Crippen molar-refractivity contribution in [2.24, 2.45) is 0 Å². The standard InChI is InChI=1S/C22H25Cl3FN3O5/c1-11(16-12(23)8-9-13(26)17(16)25)32-14-10-15(24)27-28-18(14)29(19(30)33-21(2,3)4)20(31)34-22(5,6)7/h8-11H,1-7H3. The molecule has 0 aliphatic rings. The second kappa shape index (κ2) is 10.5. The number of halogens is 4. The molecule has 0 aliphatic carbocycles. The van der Waals surface area contributed by atoms with Gasteiger partial charge in [-0.15, -0.1) is 10.2 Å². The first-order chi connectivity index (χ1) is 15.5. The summed E-state index contributed by atoms with van der Waals surface area (Å²) in [6, 6.07) is 3.66. The molecule has 2 aromatic rings. The van der Waals surface area contributed by atoms with E-state index in [-0.39, 0.29) is 32.3 Å². The van der Waals surface area contributed by atoms with Gasteiger partial charge in [0.1, 0.15) is 23.1 Å². The van der Waals surface area contributed by atoms with Gasteiger partial charge in [-0.3, -0.25) is 0 Å². The Hall–Kier alpha value is -2.36. The van der Waals surface area contributed by atoms with E-state index in [0.717, 1.165) is 6.07 Å². The van der Waals surface area contributed by atoms with E-state index in [1.54, 1.807) is 41.5 Å². The first-order valence-corrected chi connectivity index (χ1v) is 11.2. The van der Waals surface area contributed by atoms with E-state index in [1.165, 1.54) is 19.1 Å². The minimum absolute atomic E-state index is 0.101. The van der Waals surface area contributed by atoms with Crippen LogP contribution in [0.5, 0.6) is 5.75 Å². The van der Waals surface area contributed by atoms with Gasteiger partial charge in [-0.25, -0.2) is 14.0 Å². The van der Waals surface area contributed by atoms with Crippen molar-refractivity contribution >= 4 is 52.8 Å². The van der Waals surface area contributed by atoms with Crippen LogP contribution in [0.2, 0.25) is 15.2 Å². The first kappa shape index (κ1) is 27.9. The van der Waals surface area contributed by atoms with Crippen LogP contribution in [0.3, 0.4) is 0 Å². The highest BCUT2D eigenvalue weighted by atomic mass is 35.5. The molecule has 2 rings (SSSR count). The highest BCUT2D eigenvalue weighted by molar-refractivity contribution is 6.36. The molecule has 0 fully saturated rings. The Labute approximate surface area is 212 Å². The van der Waals surface area contributed by atoms with Crippen LogP contribution >= 0.6 is 34.8 Å². The fourth-order valence-electron chi connectivity index (χ4n) is 2.62. The third-order valence-electron chi connectivity index (χ3n) is 3.86. The third kappa shape index (κ3) is 7.32. The molecule has 186 valence electrons. The van der Waals surface area contributed by atoms with Crippen molar-refractivity contribution in [3.63, 3.8) is 0 Å². The summed E-state index contributed by atoms with van der Waals surface area (Å²) in [5.74, 6) is -1.21. The summed E-state index contributed by atoms with van der Waals surface area (Å²) in [7, 11) is 0. The molecule has 8 nitrogen and oxygen atoms in total. The number of rotatable bonds is 4. The van der Waals surface area contributed by atoms with Gasteiger partial charge >= 0.3 is 12.2 Å². The fourth-order valence-corrected chi connectivity index (χ4v) is 3.43. The maximum Gasteiger partial charge on any atom is 0.425 e. The molecule has 1 atom stereocenters. The molecule has 34 heavy (non-hydrogen) atoms. The van der Waals surface area contributed by atoms with Crippen LogP contribution in [0.1, 0.15) is 60.1 Å². The van der Waals surface area contributed by atoms with Crippen molar-refractivity contribution in [1.29, 1.82) is 0 Å². The molecule has 0 saturated carbocycles. The largest absolute Gasteiger partial charge is 0.482 e. The van der Waals surface area contributed by atoms with Gasteiger partial charge in [0.15, 0.2) is 10.9 Å². The van der Waals surface area contributed by atoms with Crippen molar-refractivity contribution < 1.29 is 28.2 Å². The number of ether oxygens (including phenoxy) is 3. The lowest BCUT2D eigenvalue weighted by molar-refractivity contribution is 0.0426. The van der Waals surface area contributed by atoms with Crippen LogP contribution in [-0.2, 0) is 9.47 Å². The number of hydrogen-bond donors (Lipinski definition) is 0. The highest BCUT2D eigenvalue weighted by Gasteiger charge is 2.36. The van der Waals surface area contributed by atoms with Gasteiger partial charge in [0, 0.05) is 16.7 Å². The molecule has 0 spiro atoms. The second-order valence-corrected chi connectivity index (χ2v) is 10.3. The van der Waals surface area contributed by atoms with Crippen molar-refractivity contribution in [3.05, 3.63) is 44.8 Å². The number of hydrogen-bond acceptors (Lipinski definition) is 7. The minimum Gasteiger partial charge on any atom is -0.482 e. The normalized spacial score (nSPS) is 12.7. The van der Waals surface area contributed by atoms with Crippen LogP contribution in [0.15, 0.2) is 18.2 Å². The zero-order valence-corrected chi connectivity index (χ0v) is 22.0. The molecule has 1 aromatic carbocycles. The molecule has 1 heterocycles. The Morgan fingerprint density at radius 3 is 2.00 bits per heavy atom. The smallest absolute Gasteiger partial charge is 0.425 e. The molecule has 0 bridgehead atoms. The quantitative estimate of drug-likeness (QED) is 0.376. The summed E-state index contributed by atoms with van der Waals surface area (Å²) in [5, 5.41) is 7.38. The van der Waals surface area contributed by atoms with E-state index in [4.69, 9.17) is 49.0 Å². The van der Waals surface area contributed by atoms with Crippen LogP contribution in [-0.4, -0.2) is 33.6 Å². The lowest BCUT2D eigenvalue weighted by Crippen LogP contribution is -2.44. The first-order valence-electron chi connectivity index (χ1n) is 10.1. The van der Waals surface area contributed by atoms with Crippen LogP contribution in [0, 0.1) is 5.82 Å². The number of nitrogens with zero attached hydrogens (tertiary/aromatic N) is 3. The Kier molecular flexibility index (Phi) is 8.61. The summed E-state index contributed by atoms with van der Waals surface area (Å²) < 4.78 is 30.6. The summed E-state index contributed by atoms with van der Waals surface area (Å²) in [4.78, 5) is 26.5. The predicted molar refractivity (Wildman–Crippen MR) is 127 cm³/mol. The number of benzene rings is 1. The Balaban J connectivity index is 2.58. The summed E-state index contributed by atoms with van der Waals surface area (Å²) >= 11 is 18.3. The van der Waals surface area contributed by atoms with Gasteiger partial charge < -0.3 is 14.2 Å². The molecule has 0 aliphatic heterocycles. The topological polar surface area (TPSA) is 90.9 Å². The fraction of sp³-hybridized carbons (Fsp3) is 0.455. The maximum atomic E-state index is 14.0. The summed E-state index contributed by atoms with van der Waals surface area (Å²) in [5.41, 5.74) is -1.76. The zero-order valence-electron chi connectivity index (χ0n) is 19.7. The Bertz CT molecular complexity index is 1060. The SMILES string of the molecule is CC(Oc1cc(Cl)nnc1N(C(=O)OC(C)(C)C)C(=O)OC(C)(C)C)c1c(Cl)ccc(F)c1Cl. The van der Waals surface area contributed by atoms with Gasteiger partial charge in [0.25, 0.3) is 0 Å². The van der Waals surface area contributed by atoms with E-state index >= 15 is 0 Å². The Morgan fingerprint density at radius 1 is 0.971 bits per heavy atom. The Morgan fingerprint density at radius 2 is 1.50 bits per heavy atom. The number of imide groups is 1. The van der Waals surface area contributed by atoms with Crippen molar-refractivity contribution in [1.82, 2.24) is 10.2 Å². The zero-order chi connectivity index (χ0) is 26.0. The van der Waals surface area contributed by atoms with Crippen molar-refractivity contribution in [3.8, 4) is 5.75 Å². The molecule has 0 N–H and O–H groups in total. The molecule has 0 radical (unpaired) electrons. The predicted octanol–water partition coefficient (Wildman–Crippen LogP) is 7.39. The van der Waals surface area contributed by atoms with Gasteiger partial charge in [-0.1, -0.05) is 34.8 Å². The molecular weight excluding hydrogens is 512 g/mol.